The maximum atomic E-state index is 12.8. The lowest BCUT2D eigenvalue weighted by Gasteiger charge is -2.19. The molecule has 1 heterocycles. The number of methoxy groups -OCH3 is 2. The van der Waals surface area contributed by atoms with E-state index in [9.17, 15) is 18.3 Å². The number of carbonyl (C=O) groups is 1. The van der Waals surface area contributed by atoms with Gasteiger partial charge in [0.25, 0.3) is 10.0 Å². The molecule has 0 aliphatic carbocycles. The molecule has 0 aliphatic rings. The van der Waals surface area contributed by atoms with Crippen LogP contribution in [0.2, 0.25) is 0 Å². The van der Waals surface area contributed by atoms with E-state index >= 15 is 0 Å². The van der Waals surface area contributed by atoms with Crippen molar-refractivity contribution in [1.29, 1.82) is 0 Å². The van der Waals surface area contributed by atoms with Crippen LogP contribution < -0.4 is 13.8 Å². The molecule has 1 aromatic heterocycles. The lowest BCUT2D eigenvalue weighted by molar-refractivity contribution is 0.0692. The molecule has 0 bridgehead atoms. The highest BCUT2D eigenvalue weighted by Gasteiger charge is 2.28. The van der Waals surface area contributed by atoms with Gasteiger partial charge in [-0.3, -0.25) is 8.99 Å². The van der Waals surface area contributed by atoms with E-state index < -0.39 is 16.0 Å². The molecule has 0 radical (unpaired) electrons. The molecule has 0 saturated carbocycles. The number of carboxylic acid groups (broad SMARTS) is 1. The molecule has 0 spiro atoms. The molecule has 0 saturated heterocycles. The standard InChI is InChI=1S/C14H17N3O6S/c1-16-6-5-12(15-16)17(2)24(20,21)9-7-10(14(18)19)13(23-4)11(8-9)22-3/h5-8H,1-4H3,(H,18,19). The van der Waals surface area contributed by atoms with Gasteiger partial charge in [-0.1, -0.05) is 0 Å². The Morgan fingerprint density at radius 3 is 2.42 bits per heavy atom. The van der Waals surface area contributed by atoms with Gasteiger partial charge in [0, 0.05) is 32.4 Å². The molecular weight excluding hydrogens is 338 g/mol. The van der Waals surface area contributed by atoms with Crippen molar-refractivity contribution in [2.75, 3.05) is 25.6 Å². The molecular formula is C14H17N3O6S. The summed E-state index contributed by atoms with van der Waals surface area (Å²) in [4.78, 5) is 11.2. The van der Waals surface area contributed by atoms with E-state index in [-0.39, 0.29) is 27.8 Å². The Labute approximate surface area is 139 Å². The van der Waals surface area contributed by atoms with E-state index in [1.54, 1.807) is 13.2 Å². The van der Waals surface area contributed by atoms with Crippen LogP contribution in [0.15, 0.2) is 29.3 Å². The van der Waals surface area contributed by atoms with Crippen LogP contribution in [0.5, 0.6) is 11.5 Å². The first-order valence-corrected chi connectivity index (χ1v) is 8.14. The molecule has 1 N–H and O–H groups in total. The lowest BCUT2D eigenvalue weighted by atomic mass is 10.2. The molecule has 0 atom stereocenters. The zero-order valence-corrected chi connectivity index (χ0v) is 14.4. The second kappa shape index (κ2) is 6.40. The fraction of sp³-hybridized carbons (Fsp3) is 0.286. The molecule has 130 valence electrons. The zero-order valence-electron chi connectivity index (χ0n) is 13.5. The Bertz CT molecular complexity index is 875. The van der Waals surface area contributed by atoms with Crippen molar-refractivity contribution in [3.63, 3.8) is 0 Å². The van der Waals surface area contributed by atoms with Crippen molar-refractivity contribution in [2.24, 2.45) is 7.05 Å². The molecule has 0 amide bonds. The Hall–Kier alpha value is -2.75. The predicted octanol–water partition coefficient (Wildman–Crippen LogP) is 0.961. The van der Waals surface area contributed by atoms with Gasteiger partial charge >= 0.3 is 5.97 Å². The van der Waals surface area contributed by atoms with Crippen LogP contribution >= 0.6 is 0 Å². The van der Waals surface area contributed by atoms with Crippen LogP contribution in [-0.4, -0.2) is 50.5 Å². The van der Waals surface area contributed by atoms with Crippen molar-refractivity contribution in [2.45, 2.75) is 4.90 Å². The molecule has 10 heteroatoms. The maximum Gasteiger partial charge on any atom is 0.339 e. The van der Waals surface area contributed by atoms with Crippen LogP contribution in [0.25, 0.3) is 0 Å². The number of aromatic carboxylic acids is 1. The number of sulfonamides is 1. The normalized spacial score (nSPS) is 11.2. The molecule has 9 nitrogen and oxygen atoms in total. The van der Waals surface area contributed by atoms with Gasteiger partial charge in [-0.15, -0.1) is 0 Å². The SMILES string of the molecule is COc1cc(S(=O)(=O)N(C)c2ccn(C)n2)cc(C(=O)O)c1OC. The van der Waals surface area contributed by atoms with E-state index in [1.807, 2.05) is 0 Å². The van der Waals surface area contributed by atoms with Crippen molar-refractivity contribution in [3.8, 4) is 11.5 Å². The third-order valence-corrected chi connectivity index (χ3v) is 5.10. The zero-order chi connectivity index (χ0) is 18.1. The number of benzene rings is 1. The Balaban J connectivity index is 2.62. The van der Waals surface area contributed by atoms with Gasteiger partial charge in [0.1, 0.15) is 5.56 Å². The number of nitrogens with zero attached hydrogens (tertiary/aromatic N) is 3. The van der Waals surface area contributed by atoms with Crippen LogP contribution in [0, 0.1) is 0 Å². The smallest absolute Gasteiger partial charge is 0.339 e. The maximum absolute atomic E-state index is 12.8. The highest BCUT2D eigenvalue weighted by molar-refractivity contribution is 7.92. The van der Waals surface area contributed by atoms with Crippen LogP contribution in [0.3, 0.4) is 0 Å². The molecule has 0 aliphatic heterocycles. The first-order valence-electron chi connectivity index (χ1n) is 6.70. The number of ether oxygens (including phenoxy) is 2. The van der Waals surface area contributed by atoms with Gasteiger partial charge in [-0.25, -0.2) is 13.2 Å². The average Bonchev–Trinajstić information content (AvgIpc) is 2.98. The molecule has 2 rings (SSSR count). The van der Waals surface area contributed by atoms with Crippen LogP contribution in [0.1, 0.15) is 10.4 Å². The summed E-state index contributed by atoms with van der Waals surface area (Å²) >= 11 is 0. The summed E-state index contributed by atoms with van der Waals surface area (Å²) in [5, 5.41) is 13.3. The first kappa shape index (κ1) is 17.6. The summed E-state index contributed by atoms with van der Waals surface area (Å²) in [5.41, 5.74) is -0.315. The summed E-state index contributed by atoms with van der Waals surface area (Å²) in [6.45, 7) is 0. The summed E-state index contributed by atoms with van der Waals surface area (Å²) in [7, 11) is 1.52. The second-order valence-corrected chi connectivity index (χ2v) is 6.80. The van der Waals surface area contributed by atoms with Crippen molar-refractivity contribution in [1.82, 2.24) is 9.78 Å². The number of carboxylic acids is 1. The third-order valence-electron chi connectivity index (χ3n) is 3.36. The highest BCUT2D eigenvalue weighted by Crippen LogP contribution is 2.35. The number of rotatable bonds is 6. The van der Waals surface area contributed by atoms with Crippen LogP contribution in [0.4, 0.5) is 5.82 Å². The molecule has 0 fully saturated rings. The predicted molar refractivity (Wildman–Crippen MR) is 85.3 cm³/mol. The van der Waals surface area contributed by atoms with Gasteiger partial charge in [-0.05, 0) is 6.07 Å². The van der Waals surface area contributed by atoms with E-state index in [0.29, 0.717) is 0 Å². The van der Waals surface area contributed by atoms with Crippen molar-refractivity contribution >= 4 is 21.8 Å². The van der Waals surface area contributed by atoms with E-state index in [0.717, 1.165) is 10.4 Å². The first-order chi connectivity index (χ1) is 11.2. The quantitative estimate of drug-likeness (QED) is 0.821. The molecule has 1 aromatic carbocycles. The summed E-state index contributed by atoms with van der Waals surface area (Å²) in [6, 6.07) is 3.76. The Kier molecular flexibility index (Phi) is 4.69. The Morgan fingerprint density at radius 2 is 1.96 bits per heavy atom. The molecule has 0 unspecified atom stereocenters. The van der Waals surface area contributed by atoms with Gasteiger partial charge in [-0.2, -0.15) is 5.10 Å². The number of hydrogen-bond donors (Lipinski definition) is 1. The van der Waals surface area contributed by atoms with E-state index in [4.69, 9.17) is 9.47 Å². The summed E-state index contributed by atoms with van der Waals surface area (Å²) < 4.78 is 38.0. The fourth-order valence-corrected chi connectivity index (χ4v) is 3.28. The van der Waals surface area contributed by atoms with Crippen molar-refractivity contribution < 1.29 is 27.8 Å². The highest BCUT2D eigenvalue weighted by atomic mass is 32.2. The van der Waals surface area contributed by atoms with Crippen LogP contribution in [-0.2, 0) is 17.1 Å². The molecule has 2 aromatic rings. The third kappa shape index (κ3) is 3.00. The number of aromatic nitrogens is 2. The largest absolute Gasteiger partial charge is 0.493 e. The number of aryl methyl sites for hydroxylation is 1. The Morgan fingerprint density at radius 1 is 1.29 bits per heavy atom. The minimum atomic E-state index is -4.03. The minimum Gasteiger partial charge on any atom is -0.493 e. The van der Waals surface area contributed by atoms with E-state index in [1.165, 1.54) is 38.1 Å². The summed E-state index contributed by atoms with van der Waals surface area (Å²) in [5.74, 6) is -1.18. The van der Waals surface area contributed by atoms with E-state index in [2.05, 4.69) is 5.10 Å². The number of anilines is 1. The van der Waals surface area contributed by atoms with Gasteiger partial charge in [0.2, 0.25) is 0 Å². The topological polar surface area (TPSA) is 111 Å². The molecule has 24 heavy (non-hydrogen) atoms. The minimum absolute atomic E-state index is 0.00500. The van der Waals surface area contributed by atoms with Gasteiger partial charge in [0.15, 0.2) is 17.3 Å². The average molecular weight is 355 g/mol. The second-order valence-electron chi connectivity index (χ2n) is 4.83. The lowest BCUT2D eigenvalue weighted by Crippen LogP contribution is -2.27. The monoisotopic (exact) mass is 355 g/mol. The number of hydrogen-bond acceptors (Lipinski definition) is 6. The summed E-state index contributed by atoms with van der Waals surface area (Å²) in [6.07, 6.45) is 1.60. The van der Waals surface area contributed by atoms with Gasteiger partial charge < -0.3 is 14.6 Å². The van der Waals surface area contributed by atoms with Crippen molar-refractivity contribution in [3.05, 3.63) is 30.0 Å². The van der Waals surface area contributed by atoms with Gasteiger partial charge in [0.05, 0.1) is 19.1 Å². The fourth-order valence-electron chi connectivity index (χ4n) is 2.10.